The second-order valence-corrected chi connectivity index (χ2v) is 6.93. The molecule has 2 heterocycles. The number of hydrogen-bond acceptors (Lipinski definition) is 6. The molecule has 0 unspecified atom stereocenters. The lowest BCUT2D eigenvalue weighted by Gasteiger charge is -2.27. The van der Waals surface area contributed by atoms with E-state index in [1.807, 2.05) is 0 Å². The monoisotopic (exact) mass is 307 g/mol. The SMILES string of the molecule is CC(C)(C)OC(=O)N1CCC[C@H]1C(=O)c1noc(C2CC2)n1. The topological polar surface area (TPSA) is 85.5 Å². The lowest BCUT2D eigenvalue weighted by molar-refractivity contribution is 0.0221. The Morgan fingerprint density at radius 3 is 2.64 bits per heavy atom. The van der Waals surface area contributed by atoms with E-state index in [9.17, 15) is 9.59 Å². The number of ether oxygens (including phenoxy) is 1. The van der Waals surface area contributed by atoms with E-state index in [-0.39, 0.29) is 11.6 Å². The summed E-state index contributed by atoms with van der Waals surface area (Å²) >= 11 is 0. The van der Waals surface area contributed by atoms with Gasteiger partial charge in [0.05, 0.1) is 0 Å². The maximum Gasteiger partial charge on any atom is 0.410 e. The fourth-order valence-electron chi connectivity index (χ4n) is 2.56. The predicted molar refractivity (Wildman–Crippen MR) is 76.6 cm³/mol. The van der Waals surface area contributed by atoms with E-state index in [4.69, 9.17) is 9.26 Å². The van der Waals surface area contributed by atoms with Crippen molar-refractivity contribution in [2.75, 3.05) is 6.54 Å². The zero-order valence-corrected chi connectivity index (χ0v) is 13.2. The van der Waals surface area contributed by atoms with Crippen LogP contribution in [0.4, 0.5) is 4.79 Å². The van der Waals surface area contributed by atoms with Crippen LogP contribution >= 0.6 is 0 Å². The van der Waals surface area contributed by atoms with E-state index in [0.717, 1.165) is 19.3 Å². The molecule has 22 heavy (non-hydrogen) atoms. The van der Waals surface area contributed by atoms with Crippen molar-refractivity contribution >= 4 is 11.9 Å². The molecule has 1 aliphatic carbocycles. The second kappa shape index (κ2) is 5.37. The second-order valence-electron chi connectivity index (χ2n) is 6.93. The van der Waals surface area contributed by atoms with Crippen molar-refractivity contribution < 1.29 is 18.8 Å². The molecule has 2 aliphatic rings. The van der Waals surface area contributed by atoms with Gasteiger partial charge in [0, 0.05) is 12.5 Å². The molecular formula is C15H21N3O4. The van der Waals surface area contributed by atoms with Crippen molar-refractivity contribution in [1.82, 2.24) is 15.0 Å². The molecule has 0 bridgehead atoms. The van der Waals surface area contributed by atoms with Crippen LogP contribution in [0.25, 0.3) is 0 Å². The number of rotatable bonds is 3. The number of amides is 1. The van der Waals surface area contributed by atoms with Crippen LogP contribution in [0, 0.1) is 0 Å². The number of hydrogen-bond donors (Lipinski definition) is 0. The van der Waals surface area contributed by atoms with Gasteiger partial charge in [-0.05, 0) is 46.5 Å². The van der Waals surface area contributed by atoms with Gasteiger partial charge in [-0.3, -0.25) is 9.69 Å². The van der Waals surface area contributed by atoms with Crippen molar-refractivity contribution in [3.63, 3.8) is 0 Å². The lowest BCUT2D eigenvalue weighted by Crippen LogP contribution is -2.43. The average molecular weight is 307 g/mol. The lowest BCUT2D eigenvalue weighted by atomic mass is 10.1. The first kappa shape index (κ1) is 15.0. The molecule has 0 radical (unpaired) electrons. The zero-order chi connectivity index (χ0) is 15.9. The van der Waals surface area contributed by atoms with Crippen LogP contribution in [-0.2, 0) is 4.74 Å². The Morgan fingerprint density at radius 1 is 1.27 bits per heavy atom. The molecule has 3 rings (SSSR count). The van der Waals surface area contributed by atoms with Crippen LogP contribution in [0.5, 0.6) is 0 Å². The van der Waals surface area contributed by atoms with Crippen molar-refractivity contribution in [1.29, 1.82) is 0 Å². The van der Waals surface area contributed by atoms with Crippen molar-refractivity contribution in [3.05, 3.63) is 11.7 Å². The summed E-state index contributed by atoms with van der Waals surface area (Å²) in [7, 11) is 0. The summed E-state index contributed by atoms with van der Waals surface area (Å²) in [6, 6.07) is -0.556. The number of carbonyl (C=O) groups excluding carboxylic acids is 2. The number of carbonyl (C=O) groups is 2. The Morgan fingerprint density at radius 2 is 2.00 bits per heavy atom. The summed E-state index contributed by atoms with van der Waals surface area (Å²) in [5.41, 5.74) is -0.585. The van der Waals surface area contributed by atoms with Gasteiger partial charge >= 0.3 is 6.09 Å². The fraction of sp³-hybridized carbons (Fsp3) is 0.733. The Balaban J connectivity index is 1.71. The van der Waals surface area contributed by atoms with Crippen LogP contribution < -0.4 is 0 Å². The minimum Gasteiger partial charge on any atom is -0.444 e. The number of nitrogens with zero attached hydrogens (tertiary/aromatic N) is 3. The molecule has 1 saturated heterocycles. The number of likely N-dealkylation sites (tertiary alicyclic amines) is 1. The molecule has 1 aliphatic heterocycles. The summed E-state index contributed by atoms with van der Waals surface area (Å²) in [4.78, 5) is 30.4. The largest absolute Gasteiger partial charge is 0.444 e. The van der Waals surface area contributed by atoms with Crippen LogP contribution in [-0.4, -0.2) is 45.1 Å². The fourth-order valence-corrected chi connectivity index (χ4v) is 2.56. The first-order valence-electron chi connectivity index (χ1n) is 7.72. The van der Waals surface area contributed by atoms with Gasteiger partial charge < -0.3 is 9.26 Å². The molecule has 0 spiro atoms. The van der Waals surface area contributed by atoms with Gasteiger partial charge in [0.1, 0.15) is 11.6 Å². The predicted octanol–water partition coefficient (Wildman–Crippen LogP) is 2.53. The molecule has 1 saturated carbocycles. The van der Waals surface area contributed by atoms with E-state index >= 15 is 0 Å². The van der Waals surface area contributed by atoms with Gasteiger partial charge in [0.15, 0.2) is 0 Å². The smallest absolute Gasteiger partial charge is 0.410 e. The molecule has 0 aromatic carbocycles. The number of aromatic nitrogens is 2. The van der Waals surface area contributed by atoms with Gasteiger partial charge in [-0.15, -0.1) is 0 Å². The molecule has 1 amide bonds. The minimum atomic E-state index is -0.585. The average Bonchev–Trinajstić information content (AvgIpc) is 2.99. The highest BCUT2D eigenvalue weighted by atomic mass is 16.6. The molecule has 2 fully saturated rings. The third-order valence-electron chi connectivity index (χ3n) is 3.77. The Kier molecular flexibility index (Phi) is 3.66. The molecule has 7 heteroatoms. The van der Waals surface area contributed by atoms with Gasteiger partial charge in [0.25, 0.3) is 0 Å². The Labute approximate surface area is 129 Å². The third kappa shape index (κ3) is 3.13. The Hall–Kier alpha value is -1.92. The van der Waals surface area contributed by atoms with Gasteiger partial charge in [0.2, 0.25) is 17.5 Å². The Bertz CT molecular complexity index is 586. The minimum absolute atomic E-state index is 0.0716. The van der Waals surface area contributed by atoms with E-state index < -0.39 is 17.7 Å². The van der Waals surface area contributed by atoms with E-state index in [1.165, 1.54) is 4.90 Å². The summed E-state index contributed by atoms with van der Waals surface area (Å²) in [6.07, 6.45) is 2.97. The zero-order valence-electron chi connectivity index (χ0n) is 13.2. The summed E-state index contributed by atoms with van der Waals surface area (Å²) in [6.45, 7) is 5.93. The van der Waals surface area contributed by atoms with Crippen LogP contribution in [0.3, 0.4) is 0 Å². The first-order chi connectivity index (χ1) is 10.3. The summed E-state index contributed by atoms with van der Waals surface area (Å²) in [5.74, 6) is 0.645. The molecule has 1 atom stereocenters. The summed E-state index contributed by atoms with van der Waals surface area (Å²) < 4.78 is 10.5. The van der Waals surface area contributed by atoms with Crippen molar-refractivity contribution in [2.45, 2.75) is 64.0 Å². The molecule has 120 valence electrons. The van der Waals surface area contributed by atoms with Crippen LogP contribution in [0.15, 0.2) is 4.52 Å². The number of ketones is 1. The molecule has 1 aromatic rings. The molecule has 7 nitrogen and oxygen atoms in total. The normalized spacial score (nSPS) is 22.0. The highest BCUT2D eigenvalue weighted by Crippen LogP contribution is 2.39. The standard InChI is InChI=1S/C15H21N3O4/c1-15(2,3)21-14(20)18-8-4-5-10(18)11(19)12-16-13(22-17-12)9-6-7-9/h9-10H,4-8H2,1-3H3/t10-/m0/s1. The van der Waals surface area contributed by atoms with Crippen molar-refractivity contribution in [2.24, 2.45) is 0 Å². The molecule has 0 N–H and O–H groups in total. The highest BCUT2D eigenvalue weighted by Gasteiger charge is 2.39. The molecule has 1 aromatic heterocycles. The van der Waals surface area contributed by atoms with E-state index in [2.05, 4.69) is 10.1 Å². The van der Waals surface area contributed by atoms with Gasteiger partial charge in [-0.25, -0.2) is 4.79 Å². The maximum atomic E-state index is 12.5. The van der Waals surface area contributed by atoms with E-state index in [0.29, 0.717) is 24.8 Å². The van der Waals surface area contributed by atoms with E-state index in [1.54, 1.807) is 20.8 Å². The van der Waals surface area contributed by atoms with Gasteiger partial charge in [-0.1, -0.05) is 5.16 Å². The van der Waals surface area contributed by atoms with Gasteiger partial charge in [-0.2, -0.15) is 4.98 Å². The molecular weight excluding hydrogens is 286 g/mol. The quantitative estimate of drug-likeness (QED) is 0.798. The first-order valence-corrected chi connectivity index (χ1v) is 7.72. The van der Waals surface area contributed by atoms with Crippen molar-refractivity contribution in [3.8, 4) is 0 Å². The summed E-state index contributed by atoms with van der Waals surface area (Å²) in [5, 5.41) is 3.78. The number of Topliss-reactive ketones (excluding diaryl/α,β-unsaturated/α-hetero) is 1. The highest BCUT2D eigenvalue weighted by molar-refractivity contribution is 5.98. The maximum absolute atomic E-state index is 12.5. The van der Waals surface area contributed by atoms with Crippen LogP contribution in [0.1, 0.15) is 68.9 Å². The van der Waals surface area contributed by atoms with Crippen LogP contribution in [0.2, 0.25) is 0 Å². The third-order valence-corrected chi connectivity index (χ3v) is 3.77.